The molecule has 0 aliphatic heterocycles. The van der Waals surface area contributed by atoms with Crippen molar-refractivity contribution in [1.29, 1.82) is 0 Å². The van der Waals surface area contributed by atoms with Gasteiger partial charge >= 0.3 is 0 Å². The topological polar surface area (TPSA) is 59.1 Å². The van der Waals surface area contributed by atoms with Crippen molar-refractivity contribution >= 4 is 23.4 Å². The standard InChI is InChI=1S/C10H17ClN4O/c1-3-12-10-14-7-8(11)9(15-10)13-5-6-16-4-2/h7H,3-6H2,1-2H3,(H2,12,13,14,15). The summed E-state index contributed by atoms with van der Waals surface area (Å²) >= 11 is 5.95. The van der Waals surface area contributed by atoms with Crippen LogP contribution in [0, 0.1) is 0 Å². The SMILES string of the molecule is CCNc1ncc(Cl)c(NCCOCC)n1. The molecule has 0 saturated carbocycles. The normalized spacial score (nSPS) is 10.2. The Morgan fingerprint density at radius 1 is 1.38 bits per heavy atom. The Labute approximate surface area is 101 Å². The molecule has 0 aliphatic rings. The van der Waals surface area contributed by atoms with Gasteiger partial charge < -0.3 is 15.4 Å². The van der Waals surface area contributed by atoms with Gasteiger partial charge in [-0.3, -0.25) is 0 Å². The lowest BCUT2D eigenvalue weighted by Crippen LogP contribution is -2.12. The third kappa shape index (κ3) is 4.20. The summed E-state index contributed by atoms with van der Waals surface area (Å²) < 4.78 is 5.21. The monoisotopic (exact) mass is 244 g/mol. The van der Waals surface area contributed by atoms with Crippen molar-refractivity contribution in [2.45, 2.75) is 13.8 Å². The van der Waals surface area contributed by atoms with E-state index < -0.39 is 0 Å². The smallest absolute Gasteiger partial charge is 0.224 e. The van der Waals surface area contributed by atoms with Gasteiger partial charge in [0.25, 0.3) is 0 Å². The number of halogens is 1. The lowest BCUT2D eigenvalue weighted by atomic mass is 10.5. The van der Waals surface area contributed by atoms with Gasteiger partial charge in [-0.25, -0.2) is 4.98 Å². The number of aromatic nitrogens is 2. The molecular weight excluding hydrogens is 228 g/mol. The van der Waals surface area contributed by atoms with Crippen molar-refractivity contribution in [1.82, 2.24) is 9.97 Å². The number of nitrogens with one attached hydrogen (secondary N) is 2. The molecule has 16 heavy (non-hydrogen) atoms. The fraction of sp³-hybridized carbons (Fsp3) is 0.600. The molecule has 0 unspecified atom stereocenters. The van der Waals surface area contributed by atoms with Crippen LogP contribution in [-0.2, 0) is 4.74 Å². The van der Waals surface area contributed by atoms with Crippen LogP contribution in [0.1, 0.15) is 13.8 Å². The molecule has 0 saturated heterocycles. The maximum absolute atomic E-state index is 5.95. The highest BCUT2D eigenvalue weighted by Gasteiger charge is 2.03. The molecule has 90 valence electrons. The van der Waals surface area contributed by atoms with Gasteiger partial charge in [0, 0.05) is 19.7 Å². The summed E-state index contributed by atoms with van der Waals surface area (Å²) in [6.07, 6.45) is 1.58. The molecule has 0 fully saturated rings. The molecule has 0 atom stereocenters. The van der Waals surface area contributed by atoms with Gasteiger partial charge in [-0.05, 0) is 13.8 Å². The maximum Gasteiger partial charge on any atom is 0.224 e. The predicted molar refractivity (Wildman–Crippen MR) is 66.2 cm³/mol. The minimum atomic E-state index is 0.512. The molecule has 0 spiro atoms. The fourth-order valence-corrected chi connectivity index (χ4v) is 1.28. The average molecular weight is 245 g/mol. The van der Waals surface area contributed by atoms with E-state index in [1.165, 1.54) is 0 Å². The van der Waals surface area contributed by atoms with Crippen LogP contribution >= 0.6 is 11.6 Å². The van der Waals surface area contributed by atoms with E-state index in [4.69, 9.17) is 16.3 Å². The average Bonchev–Trinajstić information content (AvgIpc) is 2.29. The number of anilines is 2. The summed E-state index contributed by atoms with van der Waals surface area (Å²) in [7, 11) is 0. The Kier molecular flexibility index (Phi) is 5.88. The molecule has 1 aromatic heterocycles. The van der Waals surface area contributed by atoms with Crippen molar-refractivity contribution in [3.63, 3.8) is 0 Å². The molecule has 0 amide bonds. The summed E-state index contributed by atoms with van der Waals surface area (Å²) in [5.41, 5.74) is 0. The molecule has 1 heterocycles. The van der Waals surface area contributed by atoms with Crippen LogP contribution < -0.4 is 10.6 Å². The summed E-state index contributed by atoms with van der Waals surface area (Å²) in [6, 6.07) is 0. The fourth-order valence-electron chi connectivity index (χ4n) is 1.12. The van der Waals surface area contributed by atoms with E-state index in [0.29, 0.717) is 36.5 Å². The van der Waals surface area contributed by atoms with Crippen LogP contribution in [0.15, 0.2) is 6.20 Å². The Morgan fingerprint density at radius 2 is 2.19 bits per heavy atom. The first kappa shape index (κ1) is 13.0. The highest BCUT2D eigenvalue weighted by molar-refractivity contribution is 6.32. The van der Waals surface area contributed by atoms with Crippen LogP contribution in [0.25, 0.3) is 0 Å². The highest BCUT2D eigenvalue weighted by Crippen LogP contribution is 2.18. The largest absolute Gasteiger partial charge is 0.380 e. The third-order valence-electron chi connectivity index (χ3n) is 1.82. The summed E-state index contributed by atoms with van der Waals surface area (Å²) in [5.74, 6) is 1.21. The lowest BCUT2D eigenvalue weighted by Gasteiger charge is -2.09. The molecule has 6 heteroatoms. The minimum absolute atomic E-state index is 0.512. The molecule has 0 aromatic carbocycles. The molecule has 2 N–H and O–H groups in total. The van der Waals surface area contributed by atoms with Crippen molar-refractivity contribution < 1.29 is 4.74 Å². The minimum Gasteiger partial charge on any atom is -0.380 e. The first-order valence-corrected chi connectivity index (χ1v) is 5.73. The van der Waals surface area contributed by atoms with Crippen molar-refractivity contribution in [2.75, 3.05) is 36.9 Å². The number of rotatable bonds is 7. The first-order valence-electron chi connectivity index (χ1n) is 5.36. The van der Waals surface area contributed by atoms with Crippen LogP contribution in [-0.4, -0.2) is 36.3 Å². The summed E-state index contributed by atoms with van der Waals surface area (Å²) in [5, 5.41) is 6.64. The lowest BCUT2D eigenvalue weighted by molar-refractivity contribution is 0.158. The second-order valence-corrected chi connectivity index (χ2v) is 3.45. The molecule has 0 aliphatic carbocycles. The van der Waals surface area contributed by atoms with Crippen LogP contribution in [0.5, 0.6) is 0 Å². The molecule has 5 nitrogen and oxygen atoms in total. The first-order chi connectivity index (χ1) is 7.77. The second kappa shape index (κ2) is 7.24. The molecule has 0 radical (unpaired) electrons. The van der Waals surface area contributed by atoms with Gasteiger partial charge in [-0.1, -0.05) is 11.6 Å². The molecular formula is C10H17ClN4O. The van der Waals surface area contributed by atoms with Gasteiger partial charge in [0.2, 0.25) is 5.95 Å². The number of ether oxygens (including phenoxy) is 1. The van der Waals surface area contributed by atoms with E-state index in [0.717, 1.165) is 6.54 Å². The van der Waals surface area contributed by atoms with Crippen molar-refractivity contribution in [2.24, 2.45) is 0 Å². The highest BCUT2D eigenvalue weighted by atomic mass is 35.5. The van der Waals surface area contributed by atoms with Crippen LogP contribution in [0.3, 0.4) is 0 Å². The van der Waals surface area contributed by atoms with E-state index in [9.17, 15) is 0 Å². The predicted octanol–water partition coefficient (Wildman–Crippen LogP) is 2.01. The zero-order valence-electron chi connectivity index (χ0n) is 9.59. The van der Waals surface area contributed by atoms with E-state index in [-0.39, 0.29) is 0 Å². The van der Waals surface area contributed by atoms with E-state index >= 15 is 0 Å². The van der Waals surface area contributed by atoms with Crippen molar-refractivity contribution in [3.8, 4) is 0 Å². The van der Waals surface area contributed by atoms with Gasteiger partial charge in [0.15, 0.2) is 5.82 Å². The Morgan fingerprint density at radius 3 is 2.88 bits per heavy atom. The zero-order valence-corrected chi connectivity index (χ0v) is 10.3. The Balaban J connectivity index is 2.52. The van der Waals surface area contributed by atoms with Crippen LogP contribution in [0.2, 0.25) is 5.02 Å². The van der Waals surface area contributed by atoms with Gasteiger partial charge in [0.1, 0.15) is 5.02 Å². The number of hydrogen-bond donors (Lipinski definition) is 2. The number of hydrogen-bond acceptors (Lipinski definition) is 5. The quantitative estimate of drug-likeness (QED) is 0.719. The summed E-state index contributed by atoms with van der Waals surface area (Å²) in [6.45, 7) is 6.74. The van der Waals surface area contributed by atoms with Crippen LogP contribution in [0.4, 0.5) is 11.8 Å². The maximum atomic E-state index is 5.95. The Bertz CT molecular complexity index is 322. The van der Waals surface area contributed by atoms with E-state index in [1.807, 2.05) is 13.8 Å². The molecule has 0 bridgehead atoms. The second-order valence-electron chi connectivity index (χ2n) is 3.04. The zero-order chi connectivity index (χ0) is 11.8. The third-order valence-corrected chi connectivity index (χ3v) is 2.10. The molecule has 1 aromatic rings. The van der Waals surface area contributed by atoms with Gasteiger partial charge in [0.05, 0.1) is 12.8 Å². The van der Waals surface area contributed by atoms with E-state index in [2.05, 4.69) is 20.6 Å². The number of nitrogens with zero attached hydrogens (tertiary/aromatic N) is 2. The van der Waals surface area contributed by atoms with Crippen molar-refractivity contribution in [3.05, 3.63) is 11.2 Å². The van der Waals surface area contributed by atoms with Gasteiger partial charge in [-0.2, -0.15) is 4.98 Å². The molecule has 1 rings (SSSR count). The van der Waals surface area contributed by atoms with Gasteiger partial charge in [-0.15, -0.1) is 0 Å². The van der Waals surface area contributed by atoms with E-state index in [1.54, 1.807) is 6.20 Å². The Hall–Kier alpha value is -1.07. The summed E-state index contributed by atoms with van der Waals surface area (Å²) in [4.78, 5) is 8.29.